The fourth-order valence-electron chi connectivity index (χ4n) is 4.66. The van der Waals surface area contributed by atoms with Crippen LogP contribution >= 0.6 is 0 Å². The van der Waals surface area contributed by atoms with Crippen LogP contribution in [0, 0.1) is 16.7 Å². The summed E-state index contributed by atoms with van der Waals surface area (Å²) in [7, 11) is 0. The van der Waals surface area contributed by atoms with E-state index in [9.17, 15) is 5.11 Å². The van der Waals surface area contributed by atoms with E-state index in [1.807, 2.05) is 0 Å². The zero-order valence-corrected chi connectivity index (χ0v) is 12.5. The van der Waals surface area contributed by atoms with E-state index in [2.05, 4.69) is 20.8 Å². The first-order valence-electron chi connectivity index (χ1n) is 7.79. The Morgan fingerprint density at radius 2 is 1.94 bits per heavy atom. The summed E-state index contributed by atoms with van der Waals surface area (Å²) in [5.74, 6) is 0.780. The van der Waals surface area contributed by atoms with Gasteiger partial charge in [0.2, 0.25) is 0 Å². The molecule has 0 spiro atoms. The first-order valence-corrected chi connectivity index (χ1v) is 7.79. The molecular weight excluding hydrogens is 222 g/mol. The van der Waals surface area contributed by atoms with E-state index in [0.717, 1.165) is 38.0 Å². The third-order valence-electron chi connectivity index (χ3n) is 5.88. The Balaban J connectivity index is 2.21. The summed E-state index contributed by atoms with van der Waals surface area (Å²) in [6.45, 7) is 7.53. The maximum absolute atomic E-state index is 11.3. The largest absolute Gasteiger partial charge is 0.389 e. The molecule has 106 valence electrons. The lowest BCUT2D eigenvalue weighted by Crippen LogP contribution is -2.55. The van der Waals surface area contributed by atoms with E-state index in [1.165, 1.54) is 19.3 Å². The molecule has 2 heteroatoms. The van der Waals surface area contributed by atoms with Crippen LogP contribution in [0.4, 0.5) is 0 Å². The average Bonchev–Trinajstić information content (AvgIpc) is 2.72. The van der Waals surface area contributed by atoms with Gasteiger partial charge >= 0.3 is 0 Å². The molecule has 3 unspecified atom stereocenters. The third kappa shape index (κ3) is 2.34. The van der Waals surface area contributed by atoms with Crippen LogP contribution in [0.15, 0.2) is 0 Å². The van der Waals surface area contributed by atoms with Crippen molar-refractivity contribution in [3.8, 4) is 0 Å². The van der Waals surface area contributed by atoms with Gasteiger partial charge < -0.3 is 10.8 Å². The Bertz CT molecular complexity index is 301. The maximum atomic E-state index is 11.3. The number of hydrogen-bond acceptors (Lipinski definition) is 2. The molecule has 2 nitrogen and oxygen atoms in total. The smallest absolute Gasteiger partial charge is 0.0721 e. The monoisotopic (exact) mass is 253 g/mol. The van der Waals surface area contributed by atoms with E-state index >= 15 is 0 Å². The Labute approximate surface area is 112 Å². The predicted octanol–water partition coefficient (Wildman–Crippen LogP) is 3.47. The first kappa shape index (κ1) is 14.3. The molecule has 2 aliphatic rings. The van der Waals surface area contributed by atoms with Gasteiger partial charge in [-0.3, -0.25) is 0 Å². The van der Waals surface area contributed by atoms with Crippen LogP contribution in [0.2, 0.25) is 0 Å². The second kappa shape index (κ2) is 4.79. The normalized spacial score (nSPS) is 44.2. The van der Waals surface area contributed by atoms with Gasteiger partial charge in [0.05, 0.1) is 5.60 Å². The highest BCUT2D eigenvalue weighted by Crippen LogP contribution is 2.57. The fraction of sp³-hybridized carbons (Fsp3) is 1.00. The molecule has 3 atom stereocenters. The molecule has 0 radical (unpaired) electrons. The number of hydrogen-bond donors (Lipinski definition) is 2. The van der Waals surface area contributed by atoms with Crippen molar-refractivity contribution in [3.05, 3.63) is 0 Å². The van der Waals surface area contributed by atoms with Crippen molar-refractivity contribution in [3.63, 3.8) is 0 Å². The molecule has 0 aromatic heterocycles. The van der Waals surface area contributed by atoms with Crippen molar-refractivity contribution in [2.24, 2.45) is 22.5 Å². The van der Waals surface area contributed by atoms with E-state index < -0.39 is 5.60 Å². The summed E-state index contributed by atoms with van der Waals surface area (Å²) in [5, 5.41) is 11.3. The van der Waals surface area contributed by atoms with Gasteiger partial charge in [-0.05, 0) is 49.9 Å². The molecule has 3 N–H and O–H groups in total. The summed E-state index contributed by atoms with van der Waals surface area (Å²) in [6, 6.07) is 0. The van der Waals surface area contributed by atoms with Crippen LogP contribution < -0.4 is 5.73 Å². The minimum absolute atomic E-state index is 0.00532. The molecule has 0 aromatic rings. The Morgan fingerprint density at radius 1 is 1.22 bits per heavy atom. The summed E-state index contributed by atoms with van der Waals surface area (Å²) in [4.78, 5) is 0. The third-order valence-corrected chi connectivity index (χ3v) is 5.88. The van der Waals surface area contributed by atoms with Crippen molar-refractivity contribution >= 4 is 0 Å². The van der Waals surface area contributed by atoms with Gasteiger partial charge in [0, 0.05) is 12.0 Å². The summed E-state index contributed by atoms with van der Waals surface area (Å²) >= 11 is 0. The highest BCUT2D eigenvalue weighted by molar-refractivity contribution is 5.07. The van der Waals surface area contributed by atoms with Crippen LogP contribution in [0.1, 0.15) is 72.1 Å². The quantitative estimate of drug-likeness (QED) is 0.809. The van der Waals surface area contributed by atoms with E-state index in [1.54, 1.807) is 0 Å². The highest BCUT2D eigenvalue weighted by atomic mass is 16.3. The molecule has 0 saturated heterocycles. The molecule has 18 heavy (non-hydrogen) atoms. The van der Waals surface area contributed by atoms with Gasteiger partial charge in [-0.1, -0.05) is 33.6 Å². The molecule has 2 fully saturated rings. The van der Waals surface area contributed by atoms with Crippen molar-refractivity contribution < 1.29 is 5.11 Å². The fourth-order valence-corrected chi connectivity index (χ4v) is 4.66. The van der Waals surface area contributed by atoms with Gasteiger partial charge in [-0.2, -0.15) is 0 Å². The Kier molecular flexibility index (Phi) is 3.81. The number of rotatable bonds is 3. The van der Waals surface area contributed by atoms with Gasteiger partial charge in [0.25, 0.3) is 0 Å². The molecule has 2 rings (SSSR count). The van der Waals surface area contributed by atoms with Gasteiger partial charge in [-0.25, -0.2) is 0 Å². The molecule has 0 aliphatic heterocycles. The number of aliphatic hydroxyl groups is 1. The van der Waals surface area contributed by atoms with Crippen LogP contribution in [0.3, 0.4) is 0 Å². The van der Waals surface area contributed by atoms with Crippen molar-refractivity contribution in [2.75, 3.05) is 6.54 Å². The van der Waals surface area contributed by atoms with Crippen LogP contribution in [0.25, 0.3) is 0 Å². The molecule has 0 aromatic carbocycles. The zero-order valence-electron chi connectivity index (χ0n) is 12.5. The molecule has 0 bridgehead atoms. The predicted molar refractivity (Wildman–Crippen MR) is 76.3 cm³/mol. The standard InChI is InChI=1S/C16H31NO/c1-4-13-6-9-15(10-13,12-17)16(18)8-5-7-14(2,3)11-16/h13,18H,4-12,17H2,1-3H3. The minimum atomic E-state index is -0.507. The maximum Gasteiger partial charge on any atom is 0.0721 e. The van der Waals surface area contributed by atoms with Crippen LogP contribution in [0.5, 0.6) is 0 Å². The lowest BCUT2D eigenvalue weighted by atomic mass is 9.58. The molecule has 0 amide bonds. The van der Waals surface area contributed by atoms with Crippen LogP contribution in [-0.4, -0.2) is 17.3 Å². The SMILES string of the molecule is CCC1CCC(CN)(C2(O)CCCC(C)(C)C2)C1. The molecule has 2 saturated carbocycles. The van der Waals surface area contributed by atoms with Crippen molar-refractivity contribution in [2.45, 2.75) is 77.7 Å². The Hall–Kier alpha value is -0.0800. The topological polar surface area (TPSA) is 46.2 Å². The van der Waals surface area contributed by atoms with Crippen molar-refractivity contribution in [1.29, 1.82) is 0 Å². The van der Waals surface area contributed by atoms with E-state index in [-0.39, 0.29) is 10.8 Å². The Morgan fingerprint density at radius 3 is 2.44 bits per heavy atom. The summed E-state index contributed by atoms with van der Waals surface area (Å²) < 4.78 is 0. The lowest BCUT2D eigenvalue weighted by Gasteiger charge is -2.51. The lowest BCUT2D eigenvalue weighted by molar-refractivity contribution is -0.131. The van der Waals surface area contributed by atoms with E-state index in [0.29, 0.717) is 6.54 Å². The molecular formula is C16H31NO. The second-order valence-corrected chi connectivity index (χ2v) is 7.73. The van der Waals surface area contributed by atoms with Gasteiger partial charge in [-0.15, -0.1) is 0 Å². The summed E-state index contributed by atoms with van der Waals surface area (Å²) in [5.41, 5.74) is 5.91. The minimum Gasteiger partial charge on any atom is -0.389 e. The summed E-state index contributed by atoms with van der Waals surface area (Å²) in [6.07, 6.45) is 9.08. The van der Waals surface area contributed by atoms with Crippen LogP contribution in [-0.2, 0) is 0 Å². The van der Waals surface area contributed by atoms with Gasteiger partial charge in [0.15, 0.2) is 0 Å². The van der Waals surface area contributed by atoms with Crippen molar-refractivity contribution in [1.82, 2.24) is 0 Å². The average molecular weight is 253 g/mol. The van der Waals surface area contributed by atoms with E-state index in [4.69, 9.17) is 5.73 Å². The number of nitrogens with two attached hydrogens (primary N) is 1. The molecule has 2 aliphatic carbocycles. The highest BCUT2D eigenvalue weighted by Gasteiger charge is 2.55. The molecule has 0 heterocycles. The first-order chi connectivity index (χ1) is 8.36. The van der Waals surface area contributed by atoms with Gasteiger partial charge in [0.1, 0.15) is 0 Å². The zero-order chi connectivity index (χ0) is 13.4. The second-order valence-electron chi connectivity index (χ2n) is 7.73.